The van der Waals surface area contributed by atoms with Gasteiger partial charge in [0.1, 0.15) is 0 Å². The van der Waals surface area contributed by atoms with E-state index in [4.69, 9.17) is 24.5 Å². The second-order valence-corrected chi connectivity index (χ2v) is 1.67. The van der Waals surface area contributed by atoms with E-state index in [0.717, 1.165) is 0 Å². The lowest BCUT2D eigenvalue weighted by Crippen LogP contribution is -1.66. The van der Waals surface area contributed by atoms with Gasteiger partial charge in [-0.3, -0.25) is 0 Å². The first-order chi connectivity index (χ1) is 3.41. The highest BCUT2D eigenvalue weighted by Crippen LogP contribution is 2.25. The maximum Gasteiger partial charge on any atom is 0.466 e. The topological polar surface area (TPSA) is 102 Å². The predicted octanol–water partition coefficient (Wildman–Crippen LogP) is -1.29. The Morgan fingerprint density at radius 1 is 1.50 bits per heavy atom. The summed E-state index contributed by atoms with van der Waals surface area (Å²) in [5.41, 5.74) is 0. The summed E-state index contributed by atoms with van der Waals surface area (Å²) in [4.78, 5) is 21.6. The van der Waals surface area contributed by atoms with Crippen LogP contribution in [0.25, 0.3) is 0 Å². The second-order valence-electron chi connectivity index (χ2n) is 0.642. The molecule has 0 aliphatic rings. The van der Waals surface area contributed by atoms with E-state index >= 15 is 0 Å². The summed E-state index contributed by atoms with van der Waals surface area (Å²) in [5, 5.41) is 7.10. The van der Waals surface area contributed by atoms with Gasteiger partial charge < -0.3 is 14.7 Å². The molecule has 0 saturated heterocycles. The molecule has 7 heteroatoms. The van der Waals surface area contributed by atoms with Gasteiger partial charge in [0.05, 0.1) is 0 Å². The molecular formula is CH3BNO4P. The molecule has 0 aliphatic carbocycles. The average molecular weight is 135 g/mol. The summed E-state index contributed by atoms with van der Waals surface area (Å²) in [5.74, 6) is 1.25. The van der Waals surface area contributed by atoms with Crippen molar-refractivity contribution in [3.8, 4) is 5.97 Å². The average Bonchev–Trinajstić information content (AvgIpc) is 1.27. The zero-order valence-corrected chi connectivity index (χ0v) is 4.62. The Morgan fingerprint density at radius 3 is 1.50 bits per heavy atom. The molecule has 8 heavy (non-hydrogen) atoms. The molecule has 0 bridgehead atoms. The van der Waals surface area contributed by atoms with E-state index in [1.807, 2.05) is 0 Å². The van der Waals surface area contributed by atoms with Crippen LogP contribution >= 0.6 is 7.82 Å². The van der Waals surface area contributed by atoms with Crippen molar-refractivity contribution in [2.24, 2.45) is 0 Å². The highest BCUT2D eigenvalue weighted by Gasteiger charge is 2.00. The van der Waals surface area contributed by atoms with Crippen LogP contribution in [0, 0.1) is 11.2 Å². The lowest BCUT2D eigenvalue weighted by molar-refractivity contribution is 0.275. The molecular weight excluding hydrogens is 132 g/mol. The molecule has 0 spiro atoms. The Kier molecular flexibility index (Phi) is 6.39. The minimum absolute atomic E-state index is 1.25. The largest absolute Gasteiger partial charge is 0.466 e. The summed E-state index contributed by atoms with van der Waals surface area (Å²) >= 11 is 0. The van der Waals surface area contributed by atoms with Crippen LogP contribution in [-0.2, 0) is 4.57 Å². The van der Waals surface area contributed by atoms with Crippen LogP contribution in [0.2, 0.25) is 0 Å². The molecule has 0 aromatic rings. The first kappa shape index (κ1) is 10.6. The van der Waals surface area contributed by atoms with Crippen LogP contribution in [0.3, 0.4) is 0 Å². The van der Waals surface area contributed by atoms with Gasteiger partial charge in [0.2, 0.25) is 7.85 Å². The summed E-state index contributed by atoms with van der Waals surface area (Å²) in [6.45, 7) is 0. The van der Waals surface area contributed by atoms with Crippen molar-refractivity contribution >= 4 is 15.7 Å². The van der Waals surface area contributed by atoms with Gasteiger partial charge in [0, 0.05) is 0 Å². The Bertz CT molecular complexity index is 114. The lowest BCUT2D eigenvalue weighted by atomic mass is 10.2. The number of hydrogen-bond acceptors (Lipinski definition) is 2. The third-order valence-electron chi connectivity index (χ3n) is 0. The van der Waals surface area contributed by atoms with E-state index < -0.39 is 7.82 Å². The van der Waals surface area contributed by atoms with Crippen LogP contribution in [-0.4, -0.2) is 22.5 Å². The van der Waals surface area contributed by atoms with Crippen molar-refractivity contribution in [2.45, 2.75) is 0 Å². The SMILES string of the molecule is O=P(O)(O)O.[B]C#N. The van der Waals surface area contributed by atoms with Gasteiger partial charge in [0.15, 0.2) is 0 Å². The molecule has 44 valence electrons. The number of phosphoric acid groups is 1. The molecule has 0 rings (SSSR count). The molecule has 0 aromatic carbocycles. The molecule has 3 N–H and O–H groups in total. The van der Waals surface area contributed by atoms with Gasteiger partial charge in [0.25, 0.3) is 0 Å². The van der Waals surface area contributed by atoms with E-state index in [9.17, 15) is 0 Å². The third-order valence-corrected chi connectivity index (χ3v) is 0. The Labute approximate surface area is 47.2 Å². The van der Waals surface area contributed by atoms with Gasteiger partial charge in [-0.1, -0.05) is 0 Å². The molecule has 0 atom stereocenters. The van der Waals surface area contributed by atoms with E-state index in [0.29, 0.717) is 0 Å². The van der Waals surface area contributed by atoms with Crippen molar-refractivity contribution in [1.82, 2.24) is 0 Å². The normalized spacial score (nSPS) is 8.25. The highest BCUT2D eigenvalue weighted by atomic mass is 31.2. The first-order valence-electron chi connectivity index (χ1n) is 1.29. The fraction of sp³-hybridized carbons (Fsp3) is 0. The Balaban J connectivity index is 0. The number of nitrogens with zero attached hydrogens (tertiary/aromatic N) is 1. The van der Waals surface area contributed by atoms with Gasteiger partial charge in [-0.05, 0) is 5.97 Å². The van der Waals surface area contributed by atoms with Gasteiger partial charge in [-0.2, -0.15) is 0 Å². The minimum Gasteiger partial charge on any atom is -0.303 e. The number of hydrogen-bond donors (Lipinski definition) is 3. The minimum atomic E-state index is -4.64. The Morgan fingerprint density at radius 2 is 1.50 bits per heavy atom. The molecule has 0 amide bonds. The zero-order valence-electron chi connectivity index (χ0n) is 3.72. The Hall–Kier alpha value is -0.335. The van der Waals surface area contributed by atoms with Crippen LogP contribution in [0.5, 0.6) is 0 Å². The van der Waals surface area contributed by atoms with Crippen molar-refractivity contribution in [3.05, 3.63) is 0 Å². The predicted molar refractivity (Wildman–Crippen MR) is 25.6 cm³/mol. The fourth-order valence-corrected chi connectivity index (χ4v) is 0. The molecule has 0 heterocycles. The molecule has 0 aromatic heterocycles. The molecule has 5 nitrogen and oxygen atoms in total. The molecule has 0 saturated carbocycles. The maximum atomic E-state index is 8.88. The molecule has 0 fully saturated rings. The standard InChI is InChI=1S/CBN.H3O4P/c2-1-3;1-5(2,3)4/h;(H3,1,2,3,4). The third kappa shape index (κ3) is 1100. The van der Waals surface area contributed by atoms with E-state index in [1.165, 1.54) is 5.97 Å². The van der Waals surface area contributed by atoms with Crippen LogP contribution in [0.4, 0.5) is 0 Å². The summed E-state index contributed by atoms with van der Waals surface area (Å²) < 4.78 is 8.88. The monoisotopic (exact) mass is 135 g/mol. The molecule has 0 aliphatic heterocycles. The van der Waals surface area contributed by atoms with Crippen LogP contribution in [0.15, 0.2) is 0 Å². The molecule has 2 radical (unpaired) electrons. The van der Waals surface area contributed by atoms with E-state index in [1.54, 1.807) is 0 Å². The van der Waals surface area contributed by atoms with Gasteiger partial charge in [-0.15, -0.1) is 0 Å². The number of nitriles is 1. The fourth-order valence-electron chi connectivity index (χ4n) is 0. The van der Waals surface area contributed by atoms with E-state index in [2.05, 4.69) is 7.85 Å². The molecule has 0 unspecified atom stereocenters. The van der Waals surface area contributed by atoms with Crippen molar-refractivity contribution in [3.63, 3.8) is 0 Å². The second kappa shape index (κ2) is 4.81. The summed E-state index contributed by atoms with van der Waals surface area (Å²) in [7, 11) is -0.486. The smallest absolute Gasteiger partial charge is 0.303 e. The zero-order chi connectivity index (χ0) is 7.21. The summed E-state index contributed by atoms with van der Waals surface area (Å²) in [6.07, 6.45) is 0. The van der Waals surface area contributed by atoms with Crippen molar-refractivity contribution < 1.29 is 19.2 Å². The van der Waals surface area contributed by atoms with Gasteiger partial charge >= 0.3 is 7.82 Å². The maximum absolute atomic E-state index is 8.88. The summed E-state index contributed by atoms with van der Waals surface area (Å²) in [6, 6.07) is 0. The van der Waals surface area contributed by atoms with Crippen LogP contribution in [0.1, 0.15) is 0 Å². The van der Waals surface area contributed by atoms with Gasteiger partial charge in [-0.25, -0.2) is 9.83 Å². The first-order valence-corrected chi connectivity index (χ1v) is 2.86. The van der Waals surface area contributed by atoms with Crippen molar-refractivity contribution in [1.29, 1.82) is 5.26 Å². The quantitative estimate of drug-likeness (QED) is 0.283. The van der Waals surface area contributed by atoms with E-state index in [-0.39, 0.29) is 0 Å². The van der Waals surface area contributed by atoms with Crippen LogP contribution < -0.4 is 0 Å². The number of rotatable bonds is 0. The lowest BCUT2D eigenvalue weighted by Gasteiger charge is -1.82. The van der Waals surface area contributed by atoms with Crippen molar-refractivity contribution in [2.75, 3.05) is 0 Å². The highest BCUT2D eigenvalue weighted by molar-refractivity contribution is 7.45.